The Kier molecular flexibility index (Phi) is 5.54. The highest BCUT2D eigenvalue weighted by Crippen LogP contribution is 2.28. The molecule has 1 saturated heterocycles. The van der Waals surface area contributed by atoms with Crippen molar-refractivity contribution >= 4 is 17.7 Å². The molecule has 0 spiro atoms. The predicted molar refractivity (Wildman–Crippen MR) is 112 cm³/mol. The fourth-order valence-electron chi connectivity index (χ4n) is 3.34. The van der Waals surface area contributed by atoms with Crippen molar-refractivity contribution in [1.29, 1.82) is 0 Å². The molecule has 30 heavy (non-hydrogen) atoms. The fraction of sp³-hybridized carbons (Fsp3) is 0.286. The molecule has 1 aliphatic heterocycles. The van der Waals surface area contributed by atoms with Crippen molar-refractivity contribution in [3.05, 3.63) is 66.2 Å². The Labute approximate surface area is 177 Å². The molecule has 1 fully saturated rings. The molecule has 0 bridgehead atoms. The predicted octanol–water partition coefficient (Wildman–Crippen LogP) is 3.70. The molecule has 9 heteroatoms. The Bertz CT molecular complexity index is 1070. The van der Waals surface area contributed by atoms with E-state index in [1.54, 1.807) is 18.0 Å². The number of hydrogen-bond acceptors (Lipinski definition) is 8. The van der Waals surface area contributed by atoms with E-state index in [1.165, 1.54) is 0 Å². The van der Waals surface area contributed by atoms with Gasteiger partial charge in [-0.2, -0.15) is 0 Å². The van der Waals surface area contributed by atoms with Crippen LogP contribution in [0.4, 0.5) is 5.95 Å². The van der Waals surface area contributed by atoms with E-state index < -0.39 is 0 Å². The molecule has 4 heterocycles. The Morgan fingerprint density at radius 2 is 1.87 bits per heavy atom. The zero-order valence-corrected chi connectivity index (χ0v) is 17.1. The van der Waals surface area contributed by atoms with Crippen LogP contribution in [0.3, 0.4) is 0 Å². The summed E-state index contributed by atoms with van der Waals surface area (Å²) in [6.07, 6.45) is 1.68. The molecular weight excluding hydrogens is 402 g/mol. The van der Waals surface area contributed by atoms with Gasteiger partial charge in [0.25, 0.3) is 0 Å². The summed E-state index contributed by atoms with van der Waals surface area (Å²) in [5, 5.41) is 13.9. The van der Waals surface area contributed by atoms with Gasteiger partial charge in [-0.25, -0.2) is 0 Å². The molecule has 0 saturated carbocycles. The van der Waals surface area contributed by atoms with E-state index in [0.29, 0.717) is 25.5 Å². The van der Waals surface area contributed by atoms with Crippen molar-refractivity contribution in [3.8, 4) is 11.3 Å². The lowest BCUT2D eigenvalue weighted by molar-refractivity contribution is 0.121. The van der Waals surface area contributed by atoms with Gasteiger partial charge in [0.15, 0.2) is 10.9 Å². The normalized spacial score (nSPS) is 14.3. The highest BCUT2D eigenvalue weighted by atomic mass is 32.2. The molecule has 4 aromatic rings. The molecule has 3 aromatic heterocycles. The van der Waals surface area contributed by atoms with Crippen molar-refractivity contribution < 1.29 is 13.7 Å². The van der Waals surface area contributed by atoms with Gasteiger partial charge >= 0.3 is 0 Å². The van der Waals surface area contributed by atoms with Crippen molar-refractivity contribution in [2.24, 2.45) is 0 Å². The number of aromatic nitrogens is 4. The van der Waals surface area contributed by atoms with Crippen LogP contribution in [-0.4, -0.2) is 46.2 Å². The molecule has 0 N–H and O–H groups in total. The van der Waals surface area contributed by atoms with E-state index in [2.05, 4.69) is 24.8 Å². The van der Waals surface area contributed by atoms with Gasteiger partial charge in [-0.05, 0) is 12.1 Å². The van der Waals surface area contributed by atoms with Crippen LogP contribution in [0, 0.1) is 0 Å². The van der Waals surface area contributed by atoms with E-state index in [9.17, 15) is 0 Å². The molecule has 0 aliphatic carbocycles. The fourth-order valence-corrected chi connectivity index (χ4v) is 4.15. The van der Waals surface area contributed by atoms with Gasteiger partial charge in [0.05, 0.1) is 31.7 Å². The molecule has 0 amide bonds. The maximum atomic E-state index is 5.56. The van der Waals surface area contributed by atoms with Gasteiger partial charge in [-0.1, -0.05) is 47.3 Å². The van der Waals surface area contributed by atoms with Crippen molar-refractivity contribution in [3.63, 3.8) is 0 Å². The Hall–Kier alpha value is -3.04. The van der Waals surface area contributed by atoms with Gasteiger partial charge in [0.1, 0.15) is 5.76 Å². The second-order valence-corrected chi connectivity index (χ2v) is 7.83. The van der Waals surface area contributed by atoms with Crippen LogP contribution in [0.1, 0.15) is 11.5 Å². The first kappa shape index (κ1) is 19.0. The maximum absolute atomic E-state index is 5.56. The highest BCUT2D eigenvalue weighted by Gasteiger charge is 2.22. The summed E-state index contributed by atoms with van der Waals surface area (Å²) >= 11 is 1.58. The number of rotatable bonds is 7. The summed E-state index contributed by atoms with van der Waals surface area (Å²) in [5.74, 6) is 3.09. The first-order valence-corrected chi connectivity index (χ1v) is 10.8. The third kappa shape index (κ3) is 4.12. The van der Waals surface area contributed by atoms with Gasteiger partial charge in [0.2, 0.25) is 5.95 Å². The molecule has 5 rings (SSSR count). The minimum Gasteiger partial charge on any atom is -0.467 e. The summed E-state index contributed by atoms with van der Waals surface area (Å²) < 4.78 is 18.6. The average molecular weight is 423 g/mol. The first-order chi connectivity index (χ1) is 14.9. The maximum Gasteiger partial charge on any atom is 0.228 e. The Balaban J connectivity index is 1.35. The number of thioether (sulfide) groups is 1. The molecule has 1 aliphatic rings. The zero-order valence-electron chi connectivity index (χ0n) is 16.3. The zero-order chi connectivity index (χ0) is 20.2. The van der Waals surface area contributed by atoms with E-state index in [4.69, 9.17) is 13.7 Å². The quantitative estimate of drug-likeness (QED) is 0.416. The summed E-state index contributed by atoms with van der Waals surface area (Å²) in [4.78, 5) is 2.20. The van der Waals surface area contributed by atoms with Crippen LogP contribution in [0.2, 0.25) is 0 Å². The van der Waals surface area contributed by atoms with Gasteiger partial charge in [0, 0.05) is 30.5 Å². The lowest BCUT2D eigenvalue weighted by Crippen LogP contribution is -2.38. The Morgan fingerprint density at radius 3 is 2.67 bits per heavy atom. The summed E-state index contributed by atoms with van der Waals surface area (Å²) in [6, 6.07) is 15.8. The molecule has 0 atom stereocenters. The van der Waals surface area contributed by atoms with Crippen LogP contribution in [0.5, 0.6) is 0 Å². The number of benzene rings is 1. The van der Waals surface area contributed by atoms with E-state index in [-0.39, 0.29) is 0 Å². The number of nitrogens with zero attached hydrogens (tertiary/aromatic N) is 5. The molecule has 0 radical (unpaired) electrons. The smallest absolute Gasteiger partial charge is 0.228 e. The van der Waals surface area contributed by atoms with Gasteiger partial charge < -0.3 is 18.6 Å². The minimum absolute atomic E-state index is 0.573. The monoisotopic (exact) mass is 423 g/mol. The molecule has 154 valence electrons. The molecular formula is C21H21N5O3S. The second-order valence-electron chi connectivity index (χ2n) is 6.88. The third-order valence-corrected chi connectivity index (χ3v) is 5.85. The number of ether oxygens (including phenoxy) is 1. The molecule has 8 nitrogen and oxygen atoms in total. The van der Waals surface area contributed by atoms with Crippen LogP contribution >= 0.6 is 11.8 Å². The van der Waals surface area contributed by atoms with E-state index >= 15 is 0 Å². The SMILES string of the molecule is c1ccc(-c2cc(CSc3nnc(N4CCOCC4)n3Cc3ccco3)no2)cc1. The van der Waals surface area contributed by atoms with Crippen LogP contribution in [0.15, 0.2) is 68.9 Å². The van der Waals surface area contributed by atoms with Crippen LogP contribution in [0.25, 0.3) is 11.3 Å². The number of morpholine rings is 1. The third-order valence-electron chi connectivity index (χ3n) is 4.85. The van der Waals surface area contributed by atoms with Crippen LogP contribution < -0.4 is 4.90 Å². The number of hydrogen-bond donors (Lipinski definition) is 0. The highest BCUT2D eigenvalue weighted by molar-refractivity contribution is 7.98. The summed E-state index contributed by atoms with van der Waals surface area (Å²) in [6.45, 7) is 3.55. The molecule has 0 unspecified atom stereocenters. The first-order valence-electron chi connectivity index (χ1n) is 9.79. The van der Waals surface area contributed by atoms with Crippen LogP contribution in [-0.2, 0) is 17.0 Å². The van der Waals surface area contributed by atoms with E-state index in [0.717, 1.165) is 47.0 Å². The standard InChI is InChI=1S/C21H21N5O3S/c1-2-5-16(6-3-1)19-13-17(24-29-19)15-30-21-23-22-20(25-8-11-27-12-9-25)26(21)14-18-7-4-10-28-18/h1-7,10,13H,8-9,11-12,14-15H2. The van der Waals surface area contributed by atoms with E-state index in [1.807, 2.05) is 48.5 Å². The average Bonchev–Trinajstić information content (AvgIpc) is 3.56. The topological polar surface area (TPSA) is 82.4 Å². The largest absolute Gasteiger partial charge is 0.467 e. The lowest BCUT2D eigenvalue weighted by atomic mass is 10.2. The Morgan fingerprint density at radius 1 is 1.00 bits per heavy atom. The van der Waals surface area contributed by atoms with Gasteiger partial charge in [-0.3, -0.25) is 4.57 Å². The summed E-state index contributed by atoms with van der Waals surface area (Å²) in [7, 11) is 0. The van der Waals surface area contributed by atoms with Crippen molar-refractivity contribution in [1.82, 2.24) is 19.9 Å². The number of anilines is 1. The molecule has 1 aromatic carbocycles. The van der Waals surface area contributed by atoms with Crippen molar-refractivity contribution in [2.75, 3.05) is 31.2 Å². The van der Waals surface area contributed by atoms with Crippen molar-refractivity contribution in [2.45, 2.75) is 17.5 Å². The summed E-state index contributed by atoms with van der Waals surface area (Å²) in [5.41, 5.74) is 1.87. The lowest BCUT2D eigenvalue weighted by Gasteiger charge is -2.27. The second kappa shape index (κ2) is 8.76. The number of furan rings is 1. The van der Waals surface area contributed by atoms with Gasteiger partial charge in [-0.15, -0.1) is 10.2 Å². The minimum atomic E-state index is 0.573.